The average Bonchev–Trinajstić information content (AvgIpc) is 1.54. The molecule has 7 aromatic heterocycles. The maximum atomic E-state index is 7.98. The first-order valence-corrected chi connectivity index (χ1v) is 39.3. The summed E-state index contributed by atoms with van der Waals surface area (Å²) in [5.41, 5.74) is 26.3. The van der Waals surface area contributed by atoms with Crippen molar-refractivity contribution in [2.45, 2.75) is 47.0 Å². The minimum absolute atomic E-state index is 0. The molecule has 1 radical (unpaired) electrons. The van der Waals surface area contributed by atoms with Gasteiger partial charge in [0.15, 0.2) is 29.4 Å². The Morgan fingerprint density at radius 1 is 0.483 bits per heavy atom. The SMILES string of the molecule is C=C1Oc2ccccc2[C-]=C1c1ccccn1.Cc1ccc2c(c1)c1cccc3c1c1n2c(-c2c(C)cccc2C)c[n+]1C3.[2H]c1c([2H])c([2H])c2c(c1[2H])C[n+]1c([2H])c([2H])c([2H])c([2H])c1-2.[Ir].[c-]1ccccc1-c1ccccn1.c1ccc2c(c1)C[n+]1c-2n(-c2cccc3ccccc23)c2ccccc21.c1ccc2c(c1)C[n+]1ccn(-c3cccc4ccccc34)c1-2. The van der Waals surface area contributed by atoms with Gasteiger partial charge in [0, 0.05) is 99.6 Å². The number of pyridine rings is 4. The molecule has 5 aliphatic heterocycles. The van der Waals surface area contributed by atoms with Gasteiger partial charge in [0.1, 0.15) is 56.5 Å². The van der Waals surface area contributed by atoms with E-state index in [2.05, 4.69) is 308 Å². The van der Waals surface area contributed by atoms with E-state index in [0.29, 0.717) is 11.3 Å². The minimum Gasteiger partial charge on any atom is -0.527 e. The molecule has 13 aromatic carbocycles. The van der Waals surface area contributed by atoms with E-state index in [-0.39, 0.29) is 74.3 Å². The molecule has 0 aliphatic carbocycles. The second-order valence-electron chi connectivity index (χ2n) is 29.6. The molecule has 12 heterocycles. The molecule has 0 N–H and O–H groups in total. The Labute approximate surface area is 710 Å². The Morgan fingerprint density at radius 2 is 1.10 bits per heavy atom. The molecular weight excluding hydrogens is 1620 g/mol. The van der Waals surface area contributed by atoms with Crippen molar-refractivity contribution in [1.29, 1.82) is 0 Å². The van der Waals surface area contributed by atoms with Crippen LogP contribution in [0.5, 0.6) is 5.75 Å². The zero-order valence-corrected chi connectivity index (χ0v) is 67.4. The molecule has 0 saturated carbocycles. The molecule has 20 aromatic rings. The summed E-state index contributed by atoms with van der Waals surface area (Å²) in [7, 11) is 0. The van der Waals surface area contributed by atoms with E-state index >= 15 is 0 Å². The van der Waals surface area contributed by atoms with Gasteiger partial charge in [-0.1, -0.05) is 248 Å². The van der Waals surface area contributed by atoms with Crippen molar-refractivity contribution in [3.63, 3.8) is 0 Å². The van der Waals surface area contributed by atoms with Crippen molar-refractivity contribution >= 4 is 65.5 Å². The largest absolute Gasteiger partial charge is 0.527 e. The van der Waals surface area contributed by atoms with Crippen LogP contribution in [0.1, 0.15) is 61.2 Å². The molecule has 0 atom stereocenters. The van der Waals surface area contributed by atoms with Crippen LogP contribution in [0.15, 0.2) is 389 Å². The molecule has 5 aliphatic rings. The zero-order chi connectivity index (χ0) is 85.4. The van der Waals surface area contributed by atoms with Gasteiger partial charge in [0.25, 0.3) is 17.3 Å². The first kappa shape index (κ1) is 65.0. The van der Waals surface area contributed by atoms with E-state index in [9.17, 15) is 0 Å². The quantitative estimate of drug-likeness (QED) is 0.0980. The number of nitrogens with zero attached hydrogens (tertiary/aromatic N) is 9. The second kappa shape index (κ2) is 31.8. The molecule has 118 heavy (non-hydrogen) atoms. The minimum atomic E-state index is -0.411. The van der Waals surface area contributed by atoms with Crippen LogP contribution < -0.4 is 23.0 Å². The van der Waals surface area contributed by atoms with Crippen LogP contribution in [-0.2, 0) is 46.3 Å². The predicted octanol–water partition coefficient (Wildman–Crippen LogP) is 22.3. The fourth-order valence-electron chi connectivity index (χ4n) is 17.1. The van der Waals surface area contributed by atoms with Crippen LogP contribution in [0, 0.1) is 32.9 Å². The first-order chi connectivity index (χ1) is 61.0. The van der Waals surface area contributed by atoms with Crippen LogP contribution in [0.3, 0.4) is 0 Å². The van der Waals surface area contributed by atoms with Gasteiger partial charge in [-0.25, -0.2) is 13.7 Å². The summed E-state index contributed by atoms with van der Waals surface area (Å²) in [5.74, 6) is 3.92. The third kappa shape index (κ3) is 13.6. The van der Waals surface area contributed by atoms with E-state index < -0.39 is 12.1 Å². The van der Waals surface area contributed by atoms with Gasteiger partial charge in [-0.2, -0.15) is 18.1 Å². The summed E-state index contributed by atoms with van der Waals surface area (Å²) in [4.78, 5) is 8.50. The fraction of sp³-hybridized carbons (Fsp3) is 0.0654. The molecule has 25 rings (SSSR count). The van der Waals surface area contributed by atoms with Crippen molar-refractivity contribution in [3.8, 4) is 73.7 Å². The molecule has 11 heteroatoms. The summed E-state index contributed by atoms with van der Waals surface area (Å²) < 4.78 is 83.9. The third-order valence-corrected chi connectivity index (χ3v) is 22.4. The van der Waals surface area contributed by atoms with Crippen LogP contribution in [0.2, 0.25) is 0 Å². The monoisotopic (exact) mass is 1710 g/mol. The summed E-state index contributed by atoms with van der Waals surface area (Å²) in [6, 6.07) is 105. The standard InChI is InChI=1S/C25H21N2.C24H17N2.C20H15N2.C15H10NO.C12H10N.C11H8N.Ir/c1-15-10-11-21-20(12-15)19-9-5-8-18-13-26-14-22(27(21)25(26)24(18)19)23-16(2)6-4-7-17(23)3;1-3-11-19-17(8-1)10-7-15-21(19)26-23-14-6-5-13-22(23)25-16-18-9-2-4-12-20(18)24(25)26;1-3-9-17-15(6-1)8-5-11-19(17)22-13-12-21-14-16-7-2-4-10-18(16)20(21)22;1-11-13(14-7-4-5-9-16-14)10-12-6-2-3-8-15(12)17-11;1-2-6-11-10(5-1)9-13-8-4-3-7-12(11)13;1-2-6-10(7-3-1)11-8-4-5-9-12-11;/h4-12,14H,13H2,1-3H3;1-15H,16H2;1-13H,14H2;2-9H,1H2;1-8H,9H2;1-6,8-9H;/q3*+1;-1;+1;-1;/i;;;;1D,2D,3D,4D,5D,6D,7D,8D;;. The number of para-hydroxylation sites is 3. The van der Waals surface area contributed by atoms with E-state index in [4.69, 9.17) is 15.7 Å². The Kier molecular flexibility index (Phi) is 17.5. The van der Waals surface area contributed by atoms with Gasteiger partial charge < -0.3 is 9.72 Å². The summed E-state index contributed by atoms with van der Waals surface area (Å²) in [6.07, 6.45) is 13.3. The van der Waals surface area contributed by atoms with Gasteiger partial charge >= 0.3 is 0 Å². The fourth-order valence-corrected chi connectivity index (χ4v) is 17.1. The van der Waals surface area contributed by atoms with Crippen molar-refractivity contribution in [2.24, 2.45) is 0 Å². The molecule has 0 bridgehead atoms. The summed E-state index contributed by atoms with van der Waals surface area (Å²) in [6.45, 7) is 13.4. The molecule has 0 unspecified atom stereocenters. The topological polar surface area (TPSA) is 64.8 Å². The number of fused-ring (bicyclic) bond motifs is 17. The molecule has 0 fully saturated rings. The van der Waals surface area contributed by atoms with E-state index in [1.807, 2.05) is 84.9 Å². The van der Waals surface area contributed by atoms with E-state index in [1.54, 1.807) is 12.4 Å². The number of aromatic nitrogens is 9. The smallest absolute Gasteiger partial charge is 0.295 e. The molecule has 0 amide bonds. The number of rotatable bonds is 5. The average molecular weight is 1710 g/mol. The van der Waals surface area contributed by atoms with E-state index in [0.717, 1.165) is 53.5 Å². The van der Waals surface area contributed by atoms with Crippen LogP contribution in [0.4, 0.5) is 0 Å². The zero-order valence-electron chi connectivity index (χ0n) is 73.0. The van der Waals surface area contributed by atoms with Crippen LogP contribution >= 0.6 is 0 Å². The molecule has 567 valence electrons. The van der Waals surface area contributed by atoms with Gasteiger partial charge in [-0.15, -0.1) is 48.0 Å². The number of ether oxygens (including phenoxy) is 1. The maximum absolute atomic E-state index is 7.98. The summed E-state index contributed by atoms with van der Waals surface area (Å²) in [5, 5.41) is 9.24. The van der Waals surface area contributed by atoms with Crippen LogP contribution in [-0.4, -0.2) is 23.5 Å². The number of aryl methyl sites for hydroxylation is 3. The number of imidazole rings is 3. The maximum Gasteiger partial charge on any atom is 0.295 e. The summed E-state index contributed by atoms with van der Waals surface area (Å²) >= 11 is 0. The number of allylic oxidation sites excluding steroid dienone is 1. The Hall–Kier alpha value is -14.4. The van der Waals surface area contributed by atoms with Crippen molar-refractivity contribution in [2.75, 3.05) is 0 Å². The number of hydrogen-bond acceptors (Lipinski definition) is 3. The Balaban J connectivity index is 0.000000100. The normalized spacial score (nSPS) is 13.2. The second-order valence-corrected chi connectivity index (χ2v) is 29.6. The molecular formula is C107H81IrN9O+2. The predicted molar refractivity (Wildman–Crippen MR) is 471 cm³/mol. The number of benzene rings is 13. The molecule has 10 nitrogen and oxygen atoms in total. The Morgan fingerprint density at radius 3 is 1.88 bits per heavy atom. The van der Waals surface area contributed by atoms with Crippen molar-refractivity contribution < 1.29 is 54.1 Å². The first-order valence-electron chi connectivity index (χ1n) is 43.3. The van der Waals surface area contributed by atoms with Crippen molar-refractivity contribution in [1.82, 2.24) is 23.5 Å². The van der Waals surface area contributed by atoms with Crippen molar-refractivity contribution in [3.05, 3.63) is 451 Å². The molecule has 0 saturated heterocycles. The van der Waals surface area contributed by atoms with Gasteiger partial charge in [0.2, 0.25) is 5.69 Å². The van der Waals surface area contributed by atoms with Gasteiger partial charge in [-0.3, -0.25) is 4.98 Å². The Bertz CT molecular complexity index is 7690. The third-order valence-electron chi connectivity index (χ3n) is 22.4. The van der Waals surface area contributed by atoms with Gasteiger partial charge in [-0.05, 0) is 121 Å². The molecule has 0 spiro atoms. The number of hydrogen-bond donors (Lipinski definition) is 0. The van der Waals surface area contributed by atoms with Crippen LogP contribution in [0.25, 0.3) is 133 Å². The van der Waals surface area contributed by atoms with E-state index in [1.165, 1.54) is 143 Å². The van der Waals surface area contributed by atoms with Gasteiger partial charge in [0.05, 0.1) is 43.2 Å².